The molecule has 1 N–H and O–H groups in total. The van der Waals surface area contributed by atoms with Gasteiger partial charge in [-0.25, -0.2) is 8.42 Å². The zero-order valence-corrected chi connectivity index (χ0v) is 13.1. The van der Waals surface area contributed by atoms with Crippen LogP contribution in [0.5, 0.6) is 0 Å². The van der Waals surface area contributed by atoms with Gasteiger partial charge in [0.2, 0.25) is 0 Å². The van der Waals surface area contributed by atoms with Crippen molar-refractivity contribution in [3.05, 3.63) is 51.7 Å². The van der Waals surface area contributed by atoms with Crippen LogP contribution in [0.25, 0.3) is 0 Å². The number of anilines is 1. The Kier molecular flexibility index (Phi) is 4.13. The highest BCUT2D eigenvalue weighted by Gasteiger charge is 2.16. The van der Waals surface area contributed by atoms with Gasteiger partial charge in [-0.3, -0.25) is 9.71 Å². The summed E-state index contributed by atoms with van der Waals surface area (Å²) in [7, 11) is -3.68. The molecule has 19 heavy (non-hydrogen) atoms. The summed E-state index contributed by atoms with van der Waals surface area (Å²) in [5, 5.41) is 0.507. The van der Waals surface area contributed by atoms with Crippen molar-refractivity contribution < 1.29 is 8.42 Å². The molecule has 0 bridgehead atoms. The molecule has 0 saturated carbocycles. The van der Waals surface area contributed by atoms with Crippen LogP contribution in [0.15, 0.2) is 46.0 Å². The van der Waals surface area contributed by atoms with Gasteiger partial charge in [-0.05, 0) is 46.6 Å². The first-order valence-electron chi connectivity index (χ1n) is 5.28. The summed E-state index contributed by atoms with van der Waals surface area (Å²) in [6, 6.07) is 6.53. The van der Waals surface area contributed by atoms with Crippen LogP contribution >= 0.6 is 27.5 Å². The molecule has 2 rings (SSSR count). The van der Waals surface area contributed by atoms with E-state index in [0.29, 0.717) is 20.7 Å². The van der Waals surface area contributed by atoms with Crippen LogP contribution in [0, 0.1) is 6.92 Å². The van der Waals surface area contributed by atoms with E-state index in [1.165, 1.54) is 18.5 Å². The first kappa shape index (κ1) is 14.3. The zero-order chi connectivity index (χ0) is 14.0. The van der Waals surface area contributed by atoms with Crippen LogP contribution in [0.1, 0.15) is 5.56 Å². The molecule has 0 amide bonds. The molecule has 0 aliphatic rings. The van der Waals surface area contributed by atoms with Crippen molar-refractivity contribution in [1.82, 2.24) is 4.98 Å². The molecule has 4 nitrogen and oxygen atoms in total. The van der Waals surface area contributed by atoms with E-state index in [2.05, 4.69) is 25.6 Å². The van der Waals surface area contributed by atoms with Gasteiger partial charge < -0.3 is 0 Å². The zero-order valence-electron chi connectivity index (χ0n) is 9.89. The van der Waals surface area contributed by atoms with Gasteiger partial charge in [-0.1, -0.05) is 17.7 Å². The van der Waals surface area contributed by atoms with E-state index in [9.17, 15) is 8.42 Å². The van der Waals surface area contributed by atoms with Gasteiger partial charge in [0.1, 0.15) is 4.90 Å². The maximum atomic E-state index is 12.2. The van der Waals surface area contributed by atoms with Crippen molar-refractivity contribution in [2.75, 3.05) is 4.72 Å². The van der Waals surface area contributed by atoms with E-state index in [-0.39, 0.29) is 4.90 Å². The first-order valence-corrected chi connectivity index (χ1v) is 7.94. The van der Waals surface area contributed by atoms with Gasteiger partial charge in [0.15, 0.2) is 0 Å². The van der Waals surface area contributed by atoms with Crippen molar-refractivity contribution in [3.63, 3.8) is 0 Å². The molecule has 0 radical (unpaired) electrons. The third kappa shape index (κ3) is 3.26. The maximum absolute atomic E-state index is 12.2. The summed E-state index contributed by atoms with van der Waals surface area (Å²) in [6.07, 6.45) is 2.80. The fraction of sp³-hybridized carbons (Fsp3) is 0.0833. The quantitative estimate of drug-likeness (QED) is 0.908. The Morgan fingerprint density at radius 1 is 1.32 bits per heavy atom. The monoisotopic (exact) mass is 360 g/mol. The molecule has 0 spiro atoms. The minimum absolute atomic E-state index is 0.0845. The standard InChI is InChI=1S/C12H10BrClN2O2S/c1-8-11(14)3-2-4-12(8)16-19(17,18)10-5-9(13)6-15-7-10/h2-7,16H,1H3. The highest BCUT2D eigenvalue weighted by molar-refractivity contribution is 9.10. The van der Waals surface area contributed by atoms with E-state index in [0.717, 1.165) is 0 Å². The van der Waals surface area contributed by atoms with E-state index < -0.39 is 10.0 Å². The average Bonchev–Trinajstić information content (AvgIpc) is 2.35. The van der Waals surface area contributed by atoms with E-state index in [4.69, 9.17) is 11.6 Å². The predicted molar refractivity (Wildman–Crippen MR) is 78.9 cm³/mol. The Morgan fingerprint density at radius 2 is 2.05 bits per heavy atom. The molecule has 100 valence electrons. The SMILES string of the molecule is Cc1c(Cl)cccc1NS(=O)(=O)c1cncc(Br)c1. The second-order valence-electron chi connectivity index (χ2n) is 3.86. The molecule has 0 saturated heterocycles. The number of nitrogens with one attached hydrogen (secondary N) is 1. The number of sulfonamides is 1. The summed E-state index contributed by atoms with van der Waals surface area (Å²) in [6.45, 7) is 1.75. The molecule has 7 heteroatoms. The van der Waals surface area contributed by atoms with Crippen LogP contribution in [-0.2, 0) is 10.0 Å². The Hall–Kier alpha value is -1.11. The molecular weight excluding hydrogens is 352 g/mol. The van der Waals surface area contributed by atoms with Gasteiger partial charge >= 0.3 is 0 Å². The van der Waals surface area contributed by atoms with Gasteiger partial charge in [0.05, 0.1) is 5.69 Å². The fourth-order valence-electron chi connectivity index (χ4n) is 1.46. The van der Waals surface area contributed by atoms with Crippen molar-refractivity contribution in [2.45, 2.75) is 11.8 Å². The molecule has 1 aromatic heterocycles. The summed E-state index contributed by atoms with van der Waals surface area (Å²) < 4.78 is 27.5. The van der Waals surface area contributed by atoms with Gasteiger partial charge in [-0.2, -0.15) is 0 Å². The van der Waals surface area contributed by atoms with Crippen LogP contribution in [0.4, 0.5) is 5.69 Å². The molecule has 0 unspecified atom stereocenters. The third-order valence-corrected chi connectivity index (χ3v) is 4.68. The topological polar surface area (TPSA) is 59.1 Å². The van der Waals surface area contributed by atoms with E-state index >= 15 is 0 Å². The van der Waals surface area contributed by atoms with Crippen molar-refractivity contribution in [1.29, 1.82) is 0 Å². The highest BCUT2D eigenvalue weighted by Crippen LogP contribution is 2.25. The molecule has 0 atom stereocenters. The van der Waals surface area contributed by atoms with Crippen molar-refractivity contribution in [2.24, 2.45) is 0 Å². The lowest BCUT2D eigenvalue weighted by atomic mass is 10.2. The van der Waals surface area contributed by atoms with Crippen LogP contribution < -0.4 is 4.72 Å². The minimum atomic E-state index is -3.68. The molecule has 0 fully saturated rings. The molecule has 0 aliphatic carbocycles. The highest BCUT2D eigenvalue weighted by atomic mass is 79.9. The first-order chi connectivity index (χ1) is 8.90. The number of rotatable bonds is 3. The van der Waals surface area contributed by atoms with Crippen molar-refractivity contribution in [3.8, 4) is 0 Å². The maximum Gasteiger partial charge on any atom is 0.263 e. The van der Waals surface area contributed by atoms with Gasteiger partial charge in [-0.15, -0.1) is 0 Å². The fourth-order valence-corrected chi connectivity index (χ4v) is 3.26. The average molecular weight is 362 g/mol. The van der Waals surface area contributed by atoms with Crippen LogP contribution in [0.2, 0.25) is 5.02 Å². The van der Waals surface area contributed by atoms with E-state index in [1.807, 2.05) is 0 Å². The largest absolute Gasteiger partial charge is 0.279 e. The summed E-state index contributed by atoms with van der Waals surface area (Å²) in [5.74, 6) is 0. The van der Waals surface area contributed by atoms with Crippen LogP contribution in [0.3, 0.4) is 0 Å². The second-order valence-corrected chi connectivity index (χ2v) is 6.86. The number of hydrogen-bond acceptors (Lipinski definition) is 3. The third-order valence-electron chi connectivity index (χ3n) is 2.50. The van der Waals surface area contributed by atoms with Gasteiger partial charge in [0.25, 0.3) is 10.0 Å². The Balaban J connectivity index is 2.39. The predicted octanol–water partition coefficient (Wildman–Crippen LogP) is 3.61. The normalized spacial score (nSPS) is 11.3. The molecule has 1 heterocycles. The van der Waals surface area contributed by atoms with Crippen LogP contribution in [-0.4, -0.2) is 13.4 Å². The van der Waals surface area contributed by atoms with E-state index in [1.54, 1.807) is 25.1 Å². The number of pyridine rings is 1. The molecular formula is C12H10BrClN2O2S. The smallest absolute Gasteiger partial charge is 0.263 e. The number of hydrogen-bond donors (Lipinski definition) is 1. The Labute approximate surface area is 125 Å². The second kappa shape index (κ2) is 5.48. The molecule has 0 aliphatic heterocycles. The lowest BCUT2D eigenvalue weighted by Gasteiger charge is -2.11. The number of benzene rings is 1. The molecule has 1 aromatic carbocycles. The summed E-state index contributed by atoms with van der Waals surface area (Å²) in [4.78, 5) is 3.92. The Morgan fingerprint density at radius 3 is 2.74 bits per heavy atom. The number of halogens is 2. The summed E-state index contributed by atoms with van der Waals surface area (Å²) >= 11 is 9.15. The Bertz CT molecular complexity index is 719. The molecule has 2 aromatic rings. The lowest BCUT2D eigenvalue weighted by molar-refractivity contribution is 0.600. The minimum Gasteiger partial charge on any atom is -0.279 e. The lowest BCUT2D eigenvalue weighted by Crippen LogP contribution is -2.14. The summed E-state index contributed by atoms with van der Waals surface area (Å²) in [5.41, 5.74) is 1.13. The van der Waals surface area contributed by atoms with Crippen molar-refractivity contribution >= 4 is 43.2 Å². The number of nitrogens with zero attached hydrogens (tertiary/aromatic N) is 1. The van der Waals surface area contributed by atoms with Gasteiger partial charge in [0, 0.05) is 21.9 Å². The number of aromatic nitrogens is 1.